The molecule has 0 radical (unpaired) electrons. The maximum absolute atomic E-state index is 5.77. The van der Waals surface area contributed by atoms with Gasteiger partial charge < -0.3 is 14.8 Å². The Balaban J connectivity index is 1.57. The van der Waals surface area contributed by atoms with Crippen molar-refractivity contribution in [3.05, 3.63) is 90.7 Å². The summed E-state index contributed by atoms with van der Waals surface area (Å²) in [6, 6.07) is 11.6. The smallest absolute Gasteiger partial charge is 0.143 e. The van der Waals surface area contributed by atoms with Crippen LogP contribution in [0.25, 0.3) is 0 Å². The molecule has 22 heavy (non-hydrogen) atoms. The van der Waals surface area contributed by atoms with Crippen LogP contribution in [-0.4, -0.2) is 4.98 Å². The molecule has 0 bridgehead atoms. The molecule has 0 saturated heterocycles. The molecule has 0 spiro atoms. The molecule has 2 heterocycles. The first kappa shape index (κ1) is 13.9. The third-order valence-electron chi connectivity index (χ3n) is 2.99. The number of hydrogen-bond acceptors (Lipinski definition) is 4. The van der Waals surface area contributed by atoms with E-state index in [4.69, 9.17) is 9.47 Å². The number of pyridine rings is 1. The molecule has 3 rings (SSSR count). The first-order valence-electron chi connectivity index (χ1n) is 6.99. The van der Waals surface area contributed by atoms with Gasteiger partial charge in [-0.25, -0.2) is 0 Å². The van der Waals surface area contributed by atoms with E-state index in [0.717, 1.165) is 22.8 Å². The van der Waals surface area contributed by atoms with Gasteiger partial charge in [-0.15, -0.1) is 0 Å². The highest BCUT2D eigenvalue weighted by molar-refractivity contribution is 5.31. The molecule has 0 saturated carbocycles. The van der Waals surface area contributed by atoms with E-state index >= 15 is 0 Å². The van der Waals surface area contributed by atoms with Crippen molar-refractivity contribution < 1.29 is 9.47 Å². The number of aromatic nitrogens is 1. The summed E-state index contributed by atoms with van der Waals surface area (Å²) >= 11 is 0. The number of allylic oxidation sites excluding steroid dienone is 3. The second kappa shape index (κ2) is 7.13. The van der Waals surface area contributed by atoms with Gasteiger partial charge in [-0.2, -0.15) is 0 Å². The molecule has 1 N–H and O–H groups in total. The summed E-state index contributed by atoms with van der Waals surface area (Å²) in [7, 11) is 0. The third-order valence-corrected chi connectivity index (χ3v) is 2.99. The first-order chi connectivity index (χ1) is 10.9. The fraction of sp³-hybridized carbons (Fsp3) is 0.0556. The Morgan fingerprint density at radius 3 is 2.73 bits per heavy atom. The number of hydrogen-bond donors (Lipinski definition) is 1. The maximum Gasteiger partial charge on any atom is 0.143 e. The van der Waals surface area contributed by atoms with E-state index in [9.17, 15) is 0 Å². The van der Waals surface area contributed by atoms with Crippen molar-refractivity contribution >= 4 is 0 Å². The molecule has 2 aromatic rings. The average molecular weight is 292 g/mol. The van der Waals surface area contributed by atoms with E-state index in [1.807, 2.05) is 60.8 Å². The Hall–Kier alpha value is -3.01. The standard InChI is InChI=1S/C18H16N2O2/c1-2-10-19-13-18(4-1)22-16-8-6-15(7-9-16)14-21-17-5-3-11-20-12-17/h1-13,19H,14H2. The summed E-state index contributed by atoms with van der Waals surface area (Å²) in [5.74, 6) is 2.30. The van der Waals surface area contributed by atoms with E-state index in [-0.39, 0.29) is 0 Å². The molecule has 0 unspecified atom stereocenters. The van der Waals surface area contributed by atoms with Crippen LogP contribution in [0.5, 0.6) is 11.5 Å². The Morgan fingerprint density at radius 2 is 1.91 bits per heavy atom. The molecule has 1 aliphatic heterocycles. The minimum Gasteiger partial charge on any atom is -0.487 e. The van der Waals surface area contributed by atoms with Crippen LogP contribution in [0.1, 0.15) is 5.56 Å². The molecule has 0 amide bonds. The fourth-order valence-corrected chi connectivity index (χ4v) is 1.89. The fourth-order valence-electron chi connectivity index (χ4n) is 1.89. The second-order valence-electron chi connectivity index (χ2n) is 4.66. The monoisotopic (exact) mass is 292 g/mol. The summed E-state index contributed by atoms with van der Waals surface area (Å²) in [6.07, 6.45) is 12.8. The van der Waals surface area contributed by atoms with Gasteiger partial charge in [-0.05, 0) is 42.0 Å². The summed E-state index contributed by atoms with van der Waals surface area (Å²) < 4.78 is 11.4. The lowest BCUT2D eigenvalue weighted by molar-refractivity contribution is 0.305. The Morgan fingerprint density at radius 1 is 1.00 bits per heavy atom. The Labute approximate surface area is 129 Å². The molecule has 0 aliphatic carbocycles. The van der Waals surface area contributed by atoms with Crippen LogP contribution in [0.2, 0.25) is 0 Å². The average Bonchev–Trinajstić information content (AvgIpc) is 2.84. The number of rotatable bonds is 5. The van der Waals surface area contributed by atoms with Gasteiger partial charge in [0.15, 0.2) is 0 Å². The van der Waals surface area contributed by atoms with Gasteiger partial charge in [0.05, 0.1) is 6.20 Å². The summed E-state index contributed by atoms with van der Waals surface area (Å²) in [4.78, 5) is 4.02. The van der Waals surface area contributed by atoms with E-state index in [1.54, 1.807) is 18.6 Å². The van der Waals surface area contributed by atoms with Gasteiger partial charge in [0.1, 0.15) is 23.9 Å². The van der Waals surface area contributed by atoms with Crippen molar-refractivity contribution in [3.63, 3.8) is 0 Å². The molecule has 4 nitrogen and oxygen atoms in total. The zero-order valence-electron chi connectivity index (χ0n) is 12.0. The number of nitrogens with one attached hydrogen (secondary N) is 1. The van der Waals surface area contributed by atoms with E-state index in [1.165, 1.54) is 0 Å². The highest BCUT2D eigenvalue weighted by atomic mass is 16.5. The van der Waals surface area contributed by atoms with Crippen LogP contribution in [0.3, 0.4) is 0 Å². The van der Waals surface area contributed by atoms with Crippen LogP contribution in [0.15, 0.2) is 85.2 Å². The van der Waals surface area contributed by atoms with Crippen molar-refractivity contribution in [1.82, 2.24) is 10.3 Å². The molecule has 1 aromatic carbocycles. The van der Waals surface area contributed by atoms with E-state index < -0.39 is 0 Å². The number of ether oxygens (including phenoxy) is 2. The van der Waals surface area contributed by atoms with E-state index in [0.29, 0.717) is 6.61 Å². The molecule has 110 valence electrons. The van der Waals surface area contributed by atoms with Crippen LogP contribution in [0.4, 0.5) is 0 Å². The molecule has 4 heteroatoms. The highest BCUT2D eigenvalue weighted by Crippen LogP contribution is 2.17. The van der Waals surface area contributed by atoms with Crippen LogP contribution >= 0.6 is 0 Å². The lowest BCUT2D eigenvalue weighted by Gasteiger charge is -2.08. The van der Waals surface area contributed by atoms with Crippen LogP contribution in [0, 0.1) is 0 Å². The third kappa shape index (κ3) is 3.99. The predicted octanol–water partition coefficient (Wildman–Crippen LogP) is 3.55. The van der Waals surface area contributed by atoms with Gasteiger partial charge in [-0.1, -0.05) is 18.2 Å². The van der Waals surface area contributed by atoms with Gasteiger partial charge in [-0.3, -0.25) is 4.98 Å². The number of nitrogens with zero attached hydrogens (tertiary/aromatic N) is 1. The SMILES string of the molecule is C1=CNC=C(Oc2ccc(COc3cccnc3)cc2)C=C1. The molecule has 0 atom stereocenters. The summed E-state index contributed by atoms with van der Waals surface area (Å²) in [5, 5.41) is 3.01. The normalized spacial score (nSPS) is 13.0. The van der Waals surface area contributed by atoms with Gasteiger partial charge in [0.2, 0.25) is 0 Å². The minimum absolute atomic E-state index is 0.500. The molecular formula is C18H16N2O2. The molecule has 1 aromatic heterocycles. The minimum atomic E-state index is 0.500. The topological polar surface area (TPSA) is 43.4 Å². The van der Waals surface area contributed by atoms with Gasteiger partial charge in [0.25, 0.3) is 0 Å². The quantitative estimate of drug-likeness (QED) is 0.915. The van der Waals surface area contributed by atoms with Crippen molar-refractivity contribution in [2.24, 2.45) is 0 Å². The van der Waals surface area contributed by atoms with E-state index in [2.05, 4.69) is 10.3 Å². The van der Waals surface area contributed by atoms with Crippen molar-refractivity contribution in [3.8, 4) is 11.5 Å². The highest BCUT2D eigenvalue weighted by Gasteiger charge is 2.00. The molecule has 1 aliphatic rings. The largest absolute Gasteiger partial charge is 0.487 e. The van der Waals surface area contributed by atoms with Crippen molar-refractivity contribution in [2.45, 2.75) is 6.61 Å². The summed E-state index contributed by atoms with van der Waals surface area (Å²) in [6.45, 7) is 0.500. The Bertz CT molecular complexity index is 689. The summed E-state index contributed by atoms with van der Waals surface area (Å²) in [5.41, 5.74) is 1.07. The lowest BCUT2D eigenvalue weighted by Crippen LogP contribution is -1.99. The van der Waals surface area contributed by atoms with Gasteiger partial charge in [0, 0.05) is 18.6 Å². The first-order valence-corrected chi connectivity index (χ1v) is 6.99. The van der Waals surface area contributed by atoms with Crippen molar-refractivity contribution in [1.29, 1.82) is 0 Å². The van der Waals surface area contributed by atoms with Crippen LogP contribution < -0.4 is 14.8 Å². The van der Waals surface area contributed by atoms with Crippen molar-refractivity contribution in [2.75, 3.05) is 0 Å². The molecular weight excluding hydrogens is 276 g/mol. The zero-order valence-corrected chi connectivity index (χ0v) is 12.0. The second-order valence-corrected chi connectivity index (χ2v) is 4.66. The zero-order chi connectivity index (χ0) is 15.0. The predicted molar refractivity (Wildman–Crippen MR) is 85.1 cm³/mol. The van der Waals surface area contributed by atoms with Gasteiger partial charge >= 0.3 is 0 Å². The Kier molecular flexibility index (Phi) is 4.52. The molecule has 0 fully saturated rings. The lowest BCUT2D eigenvalue weighted by atomic mass is 10.2. The number of benzene rings is 1. The maximum atomic E-state index is 5.77. The van der Waals surface area contributed by atoms with Crippen LogP contribution in [-0.2, 0) is 6.61 Å².